The van der Waals surface area contributed by atoms with E-state index in [-0.39, 0.29) is 11.2 Å². The molecule has 2 aromatic heterocycles. The Morgan fingerprint density at radius 2 is 1.84 bits per heavy atom. The molecule has 1 saturated carbocycles. The summed E-state index contributed by atoms with van der Waals surface area (Å²) in [6.07, 6.45) is 9.11. The van der Waals surface area contributed by atoms with Crippen LogP contribution in [0.1, 0.15) is 44.2 Å². The highest BCUT2D eigenvalue weighted by Gasteiger charge is 2.33. The van der Waals surface area contributed by atoms with Gasteiger partial charge in [0.1, 0.15) is 0 Å². The third kappa shape index (κ3) is 4.72. The van der Waals surface area contributed by atoms with Crippen molar-refractivity contribution in [2.24, 2.45) is 5.92 Å². The van der Waals surface area contributed by atoms with Crippen molar-refractivity contribution in [2.75, 3.05) is 13.1 Å². The Labute approximate surface area is 193 Å². The maximum absolute atomic E-state index is 13.2. The van der Waals surface area contributed by atoms with Crippen molar-refractivity contribution in [3.63, 3.8) is 0 Å². The molecule has 166 valence electrons. The van der Waals surface area contributed by atoms with Crippen LogP contribution >= 0.6 is 11.8 Å². The summed E-state index contributed by atoms with van der Waals surface area (Å²) in [7, 11) is 0. The zero-order valence-electron chi connectivity index (χ0n) is 18.4. The second-order valence-corrected chi connectivity index (χ2v) is 10.2. The molecule has 1 saturated heterocycles. The zero-order chi connectivity index (χ0) is 21.9. The lowest BCUT2D eigenvalue weighted by molar-refractivity contribution is -0.131. The second kappa shape index (κ2) is 9.45. The number of nitrogens with zero attached hydrogens (tertiary/aromatic N) is 5. The van der Waals surface area contributed by atoms with E-state index in [1.54, 1.807) is 6.20 Å². The number of carbonyl (C=O) groups is 1. The first kappa shape index (κ1) is 21.2. The van der Waals surface area contributed by atoms with Crippen LogP contribution in [0.3, 0.4) is 0 Å². The van der Waals surface area contributed by atoms with E-state index in [0.29, 0.717) is 12.0 Å². The van der Waals surface area contributed by atoms with E-state index < -0.39 is 0 Å². The predicted octanol–water partition coefficient (Wildman–Crippen LogP) is 4.64. The predicted molar refractivity (Wildman–Crippen MR) is 126 cm³/mol. The van der Waals surface area contributed by atoms with Crippen molar-refractivity contribution in [3.05, 3.63) is 60.4 Å². The van der Waals surface area contributed by atoms with Gasteiger partial charge in [0.05, 0.1) is 5.25 Å². The normalized spacial score (nSPS) is 18.0. The van der Waals surface area contributed by atoms with Crippen LogP contribution in [-0.4, -0.2) is 48.9 Å². The summed E-state index contributed by atoms with van der Waals surface area (Å²) in [5.74, 6) is 1.72. The van der Waals surface area contributed by atoms with Gasteiger partial charge in [-0.15, -0.1) is 10.2 Å². The Bertz CT molecular complexity index is 1040. The molecule has 3 aromatic rings. The topological polar surface area (TPSA) is 63.9 Å². The lowest BCUT2D eigenvalue weighted by atomic mass is 9.90. The monoisotopic (exact) mass is 447 g/mol. The number of amides is 1. The fraction of sp³-hybridized carbons (Fsp3) is 0.440. The summed E-state index contributed by atoms with van der Waals surface area (Å²) in [6, 6.07) is 15.0. The number of hydrogen-bond acceptors (Lipinski definition) is 5. The van der Waals surface area contributed by atoms with Crippen LogP contribution in [0.4, 0.5) is 0 Å². The number of likely N-dealkylation sites (tertiary alicyclic amines) is 1. The van der Waals surface area contributed by atoms with E-state index in [4.69, 9.17) is 0 Å². The van der Waals surface area contributed by atoms with Gasteiger partial charge in [-0.05, 0) is 62.6 Å². The third-order valence-corrected chi connectivity index (χ3v) is 7.46. The van der Waals surface area contributed by atoms with Crippen LogP contribution in [0, 0.1) is 5.92 Å². The fourth-order valence-corrected chi connectivity index (χ4v) is 5.48. The lowest BCUT2D eigenvalue weighted by Gasteiger charge is -2.33. The van der Waals surface area contributed by atoms with Crippen molar-refractivity contribution >= 4 is 17.7 Å². The number of pyridine rings is 1. The van der Waals surface area contributed by atoms with Crippen LogP contribution in [0.5, 0.6) is 0 Å². The Balaban J connectivity index is 1.21. The van der Waals surface area contributed by atoms with Gasteiger partial charge in [-0.3, -0.25) is 14.3 Å². The molecule has 2 aliphatic rings. The van der Waals surface area contributed by atoms with Crippen molar-refractivity contribution in [2.45, 2.75) is 55.5 Å². The molecule has 5 rings (SSSR count). The van der Waals surface area contributed by atoms with Crippen molar-refractivity contribution < 1.29 is 4.79 Å². The van der Waals surface area contributed by atoms with Crippen LogP contribution in [0.25, 0.3) is 11.4 Å². The highest BCUT2D eigenvalue weighted by molar-refractivity contribution is 8.00. The highest BCUT2D eigenvalue weighted by atomic mass is 32.2. The first-order valence-corrected chi connectivity index (χ1v) is 12.4. The number of benzene rings is 1. The molecule has 2 fully saturated rings. The Hall–Kier alpha value is -2.67. The summed E-state index contributed by atoms with van der Waals surface area (Å²) in [5.41, 5.74) is 2.36. The van der Waals surface area contributed by atoms with Gasteiger partial charge in [-0.2, -0.15) is 0 Å². The first-order valence-electron chi connectivity index (χ1n) is 11.5. The molecule has 0 N–H and O–H groups in total. The quantitative estimate of drug-likeness (QED) is 0.494. The van der Waals surface area contributed by atoms with Gasteiger partial charge in [-0.1, -0.05) is 42.1 Å². The summed E-state index contributed by atoms with van der Waals surface area (Å²) >= 11 is 1.54. The van der Waals surface area contributed by atoms with Crippen molar-refractivity contribution in [1.82, 2.24) is 24.6 Å². The van der Waals surface area contributed by atoms with Crippen LogP contribution in [-0.2, 0) is 11.2 Å². The van der Waals surface area contributed by atoms with E-state index in [9.17, 15) is 4.79 Å². The van der Waals surface area contributed by atoms with Gasteiger partial charge >= 0.3 is 0 Å². The van der Waals surface area contributed by atoms with E-state index in [2.05, 4.69) is 50.1 Å². The molecule has 1 aliphatic heterocycles. The zero-order valence-corrected chi connectivity index (χ0v) is 19.2. The molecule has 0 spiro atoms. The van der Waals surface area contributed by atoms with Gasteiger partial charge in [0.2, 0.25) is 5.91 Å². The van der Waals surface area contributed by atoms with E-state index in [1.165, 1.54) is 17.3 Å². The highest BCUT2D eigenvalue weighted by Crippen LogP contribution is 2.41. The number of aromatic nitrogens is 4. The van der Waals surface area contributed by atoms with Crippen LogP contribution < -0.4 is 0 Å². The minimum atomic E-state index is -0.177. The largest absolute Gasteiger partial charge is 0.342 e. The lowest BCUT2D eigenvalue weighted by Crippen LogP contribution is -2.42. The summed E-state index contributed by atoms with van der Waals surface area (Å²) in [6.45, 7) is 3.69. The molecule has 1 aromatic carbocycles. The fourth-order valence-electron chi connectivity index (χ4n) is 4.48. The Kier molecular flexibility index (Phi) is 6.26. The molecule has 7 heteroatoms. The molecule has 1 aliphatic carbocycles. The molecule has 32 heavy (non-hydrogen) atoms. The summed E-state index contributed by atoms with van der Waals surface area (Å²) in [5, 5.41) is 9.57. The molecule has 6 nitrogen and oxygen atoms in total. The SMILES string of the molecule is CC(Sc1nnc(-c2cccnc2)n1C1CC1)C(=O)N1CCC(Cc2ccccc2)CC1. The standard InChI is InChI=1S/C25H29N5OS/c1-18(24(31)29-14-11-20(12-15-29)16-19-6-3-2-4-7-19)32-25-28-27-23(30(25)22-9-10-22)21-8-5-13-26-17-21/h2-8,13,17-18,20,22H,9-12,14-16H2,1H3. The van der Waals surface area contributed by atoms with E-state index in [1.807, 2.05) is 30.2 Å². The van der Waals surface area contributed by atoms with Gasteiger partial charge in [0.15, 0.2) is 11.0 Å². The first-order chi connectivity index (χ1) is 15.7. The maximum atomic E-state index is 13.2. The number of carbonyl (C=O) groups excluding carboxylic acids is 1. The van der Waals surface area contributed by atoms with Gasteiger partial charge < -0.3 is 4.90 Å². The van der Waals surface area contributed by atoms with Gasteiger partial charge in [0.25, 0.3) is 0 Å². The van der Waals surface area contributed by atoms with Gasteiger partial charge in [-0.25, -0.2) is 0 Å². The summed E-state index contributed by atoms with van der Waals surface area (Å²) in [4.78, 5) is 19.4. The number of rotatable bonds is 7. The second-order valence-electron chi connectivity index (χ2n) is 8.87. The van der Waals surface area contributed by atoms with E-state index >= 15 is 0 Å². The molecule has 0 radical (unpaired) electrons. The molecule has 3 heterocycles. The Morgan fingerprint density at radius 1 is 1.06 bits per heavy atom. The summed E-state index contributed by atoms with van der Waals surface area (Å²) < 4.78 is 2.21. The Morgan fingerprint density at radius 3 is 2.53 bits per heavy atom. The van der Waals surface area contributed by atoms with E-state index in [0.717, 1.165) is 61.7 Å². The smallest absolute Gasteiger partial charge is 0.235 e. The number of piperidine rings is 1. The molecule has 1 atom stereocenters. The van der Waals surface area contributed by atoms with Crippen LogP contribution in [0.2, 0.25) is 0 Å². The molecular weight excluding hydrogens is 418 g/mol. The molecule has 0 bridgehead atoms. The van der Waals surface area contributed by atoms with Gasteiger partial charge in [0, 0.05) is 37.1 Å². The minimum absolute atomic E-state index is 0.177. The van der Waals surface area contributed by atoms with Crippen molar-refractivity contribution in [3.8, 4) is 11.4 Å². The van der Waals surface area contributed by atoms with Crippen LogP contribution in [0.15, 0.2) is 60.0 Å². The number of hydrogen-bond donors (Lipinski definition) is 0. The average Bonchev–Trinajstić information content (AvgIpc) is 3.60. The minimum Gasteiger partial charge on any atom is -0.342 e. The van der Waals surface area contributed by atoms with Crippen molar-refractivity contribution in [1.29, 1.82) is 0 Å². The molecule has 1 unspecified atom stereocenters. The maximum Gasteiger partial charge on any atom is 0.235 e. The third-order valence-electron chi connectivity index (χ3n) is 6.42. The molecular formula is C25H29N5OS. The molecule has 1 amide bonds. The number of thioether (sulfide) groups is 1. The average molecular weight is 448 g/mol.